The van der Waals surface area contributed by atoms with Crippen molar-refractivity contribution in [3.8, 4) is 16.6 Å². The van der Waals surface area contributed by atoms with Crippen LogP contribution < -0.4 is 14.8 Å². The van der Waals surface area contributed by atoms with Crippen LogP contribution in [0.15, 0.2) is 36.4 Å². The molecule has 3 heterocycles. The van der Waals surface area contributed by atoms with E-state index < -0.39 is 0 Å². The van der Waals surface area contributed by atoms with E-state index in [1.54, 1.807) is 4.68 Å². The quantitative estimate of drug-likeness (QED) is 0.532. The molecule has 2 aromatic heterocycles. The van der Waals surface area contributed by atoms with Gasteiger partial charge in [-0.15, -0.1) is 0 Å². The first kappa shape index (κ1) is 18.6. The predicted octanol–water partition coefficient (Wildman–Crippen LogP) is 4.32. The van der Waals surface area contributed by atoms with E-state index in [0.29, 0.717) is 23.1 Å². The standard InChI is InChI=1S/C22H20N4O3S/c1-12-4-5-15(13(2)6-12)8-21(27)24-20-7-14(3)25-26(20)22-23-16-9-17-18(29-11-28-17)10-19(16)30-22/h4-7,9-10H,8,11H2,1-3H3,(H,24,27). The van der Waals surface area contributed by atoms with Crippen LogP contribution in [0, 0.1) is 20.8 Å². The van der Waals surface area contributed by atoms with Crippen LogP contribution >= 0.6 is 11.3 Å². The van der Waals surface area contributed by atoms with Crippen LogP contribution in [0.1, 0.15) is 22.4 Å². The summed E-state index contributed by atoms with van der Waals surface area (Å²) in [5, 5.41) is 8.19. The van der Waals surface area contributed by atoms with E-state index in [1.807, 2.05) is 51.1 Å². The van der Waals surface area contributed by atoms with Crippen LogP contribution in [0.4, 0.5) is 5.82 Å². The van der Waals surface area contributed by atoms with Crippen LogP contribution in [0.2, 0.25) is 0 Å². The van der Waals surface area contributed by atoms with Crippen LogP contribution in [-0.4, -0.2) is 27.5 Å². The smallest absolute Gasteiger partial charge is 0.231 e. The summed E-state index contributed by atoms with van der Waals surface area (Å²) in [6, 6.07) is 11.8. The second-order valence-electron chi connectivity index (χ2n) is 7.41. The van der Waals surface area contributed by atoms with Crippen LogP contribution in [0.25, 0.3) is 15.3 Å². The third-order valence-electron chi connectivity index (χ3n) is 5.00. The lowest BCUT2D eigenvalue weighted by Gasteiger charge is -2.09. The molecule has 0 aliphatic carbocycles. The lowest BCUT2D eigenvalue weighted by atomic mass is 10.0. The van der Waals surface area contributed by atoms with Crippen molar-refractivity contribution in [2.45, 2.75) is 27.2 Å². The van der Waals surface area contributed by atoms with E-state index in [1.165, 1.54) is 16.9 Å². The average molecular weight is 420 g/mol. The topological polar surface area (TPSA) is 78.3 Å². The van der Waals surface area contributed by atoms with E-state index in [2.05, 4.69) is 21.5 Å². The monoisotopic (exact) mass is 420 g/mol. The predicted molar refractivity (Wildman–Crippen MR) is 116 cm³/mol. The number of ether oxygens (including phenoxy) is 2. The summed E-state index contributed by atoms with van der Waals surface area (Å²) >= 11 is 1.48. The maximum absolute atomic E-state index is 12.7. The van der Waals surface area contributed by atoms with E-state index in [-0.39, 0.29) is 12.7 Å². The first-order valence-corrected chi connectivity index (χ1v) is 10.4. The molecule has 7 nitrogen and oxygen atoms in total. The van der Waals surface area contributed by atoms with Crippen molar-refractivity contribution in [1.82, 2.24) is 14.8 Å². The molecule has 4 aromatic rings. The maximum Gasteiger partial charge on any atom is 0.231 e. The molecule has 2 aromatic carbocycles. The number of nitrogens with zero attached hydrogens (tertiary/aromatic N) is 3. The van der Waals surface area contributed by atoms with Gasteiger partial charge in [0.2, 0.25) is 17.8 Å². The Balaban J connectivity index is 1.43. The normalized spacial score (nSPS) is 12.5. The number of amides is 1. The highest BCUT2D eigenvalue weighted by atomic mass is 32.1. The Morgan fingerprint density at radius 3 is 2.73 bits per heavy atom. The number of hydrogen-bond donors (Lipinski definition) is 1. The Hall–Kier alpha value is -3.39. The van der Waals surface area contributed by atoms with Crippen molar-refractivity contribution < 1.29 is 14.3 Å². The Kier molecular flexibility index (Phi) is 4.43. The van der Waals surface area contributed by atoms with Crippen LogP contribution in [0.3, 0.4) is 0 Å². The summed E-state index contributed by atoms with van der Waals surface area (Å²) in [6.07, 6.45) is 0.303. The highest BCUT2D eigenvalue weighted by Crippen LogP contribution is 2.38. The summed E-state index contributed by atoms with van der Waals surface area (Å²) < 4.78 is 13.5. The fraction of sp³-hybridized carbons (Fsp3) is 0.227. The molecule has 1 aliphatic rings. The van der Waals surface area contributed by atoms with Crippen molar-refractivity contribution >= 4 is 33.3 Å². The Morgan fingerprint density at radius 1 is 1.13 bits per heavy atom. The Labute approximate surface area is 177 Å². The summed E-state index contributed by atoms with van der Waals surface area (Å²) in [5.74, 6) is 1.92. The van der Waals surface area contributed by atoms with Crippen molar-refractivity contribution in [2.24, 2.45) is 0 Å². The van der Waals surface area contributed by atoms with Crippen molar-refractivity contribution in [3.63, 3.8) is 0 Å². The molecule has 8 heteroatoms. The molecule has 0 unspecified atom stereocenters. The number of anilines is 1. The van der Waals surface area contributed by atoms with Gasteiger partial charge in [-0.1, -0.05) is 35.1 Å². The molecule has 1 N–H and O–H groups in total. The minimum absolute atomic E-state index is 0.0926. The van der Waals surface area contributed by atoms with Gasteiger partial charge >= 0.3 is 0 Å². The van der Waals surface area contributed by atoms with Gasteiger partial charge in [0.1, 0.15) is 5.82 Å². The number of nitrogens with one attached hydrogen (secondary N) is 1. The SMILES string of the molecule is Cc1ccc(CC(=O)Nc2cc(C)nn2-c2nc3cc4c(cc3s2)OCO4)c(C)c1. The molecule has 5 rings (SSSR count). The molecular weight excluding hydrogens is 400 g/mol. The van der Waals surface area contributed by atoms with E-state index in [4.69, 9.17) is 9.47 Å². The molecule has 0 atom stereocenters. The number of hydrogen-bond acceptors (Lipinski definition) is 6. The van der Waals surface area contributed by atoms with Crippen molar-refractivity contribution in [1.29, 1.82) is 0 Å². The number of carbonyl (C=O) groups excluding carboxylic acids is 1. The number of aryl methyl sites for hydroxylation is 3. The number of thiazole rings is 1. The third kappa shape index (κ3) is 3.39. The summed E-state index contributed by atoms with van der Waals surface area (Å²) in [7, 11) is 0. The first-order chi connectivity index (χ1) is 14.5. The number of fused-ring (bicyclic) bond motifs is 2. The van der Waals surface area contributed by atoms with E-state index >= 15 is 0 Å². The zero-order valence-electron chi connectivity index (χ0n) is 16.9. The summed E-state index contributed by atoms with van der Waals surface area (Å²) in [6.45, 7) is 6.19. The maximum atomic E-state index is 12.7. The second-order valence-corrected chi connectivity index (χ2v) is 8.42. The molecule has 1 aliphatic heterocycles. The second kappa shape index (κ2) is 7.14. The molecule has 152 valence electrons. The highest BCUT2D eigenvalue weighted by molar-refractivity contribution is 7.20. The number of carbonyl (C=O) groups is 1. The van der Waals surface area contributed by atoms with E-state index in [9.17, 15) is 4.79 Å². The van der Waals surface area contributed by atoms with Crippen LogP contribution in [0.5, 0.6) is 11.5 Å². The van der Waals surface area contributed by atoms with Crippen molar-refractivity contribution in [3.05, 3.63) is 58.8 Å². The van der Waals surface area contributed by atoms with E-state index in [0.717, 1.165) is 32.8 Å². The van der Waals surface area contributed by atoms with Gasteiger partial charge in [0, 0.05) is 18.2 Å². The third-order valence-corrected chi connectivity index (χ3v) is 5.99. The van der Waals surface area contributed by atoms with Gasteiger partial charge in [-0.25, -0.2) is 4.98 Å². The van der Waals surface area contributed by atoms with Gasteiger partial charge in [0.25, 0.3) is 0 Å². The molecule has 30 heavy (non-hydrogen) atoms. The Bertz CT molecular complexity index is 1250. The molecule has 0 saturated heterocycles. The number of benzene rings is 2. The van der Waals surface area contributed by atoms with Gasteiger partial charge in [0.15, 0.2) is 11.5 Å². The van der Waals surface area contributed by atoms with Crippen LogP contribution in [-0.2, 0) is 11.2 Å². The molecule has 0 spiro atoms. The van der Waals surface area contributed by atoms with Gasteiger partial charge in [-0.05, 0) is 31.9 Å². The summed E-state index contributed by atoms with van der Waals surface area (Å²) in [5.41, 5.74) is 4.90. The molecular formula is C22H20N4O3S. The minimum atomic E-state index is -0.0926. The molecule has 0 bridgehead atoms. The average Bonchev–Trinajstić information content (AvgIpc) is 3.39. The zero-order chi connectivity index (χ0) is 20.8. The fourth-order valence-electron chi connectivity index (χ4n) is 3.54. The highest BCUT2D eigenvalue weighted by Gasteiger charge is 2.19. The lowest BCUT2D eigenvalue weighted by molar-refractivity contribution is -0.115. The largest absolute Gasteiger partial charge is 0.454 e. The molecule has 0 saturated carbocycles. The van der Waals surface area contributed by atoms with Gasteiger partial charge in [-0.3, -0.25) is 4.79 Å². The number of aromatic nitrogens is 3. The zero-order valence-corrected chi connectivity index (χ0v) is 17.7. The first-order valence-electron chi connectivity index (χ1n) is 9.59. The lowest BCUT2D eigenvalue weighted by Crippen LogP contribution is -2.17. The fourth-order valence-corrected chi connectivity index (χ4v) is 4.48. The molecule has 1 amide bonds. The van der Waals surface area contributed by atoms with Gasteiger partial charge < -0.3 is 14.8 Å². The molecule has 0 fully saturated rings. The Morgan fingerprint density at radius 2 is 1.93 bits per heavy atom. The minimum Gasteiger partial charge on any atom is -0.454 e. The van der Waals surface area contributed by atoms with Gasteiger partial charge in [0.05, 0.1) is 22.3 Å². The molecule has 0 radical (unpaired) electrons. The van der Waals surface area contributed by atoms with Crippen molar-refractivity contribution in [2.75, 3.05) is 12.1 Å². The number of rotatable bonds is 4. The summed E-state index contributed by atoms with van der Waals surface area (Å²) in [4.78, 5) is 17.4. The van der Waals surface area contributed by atoms with Gasteiger partial charge in [-0.2, -0.15) is 9.78 Å².